The van der Waals surface area contributed by atoms with Crippen molar-refractivity contribution in [1.29, 1.82) is 0 Å². The van der Waals surface area contributed by atoms with E-state index in [1.807, 2.05) is 0 Å². The van der Waals surface area contributed by atoms with Gasteiger partial charge in [0.2, 0.25) is 10.0 Å². The van der Waals surface area contributed by atoms with Crippen molar-refractivity contribution in [3.05, 3.63) is 48.0 Å². The fourth-order valence-corrected chi connectivity index (χ4v) is 4.63. The Bertz CT molecular complexity index is 943. The molecule has 7 nitrogen and oxygen atoms in total. The van der Waals surface area contributed by atoms with E-state index in [-0.39, 0.29) is 11.7 Å². The zero-order chi connectivity index (χ0) is 19.4. The Morgan fingerprint density at radius 1 is 1.04 bits per heavy atom. The number of ether oxygens (including phenoxy) is 2. The van der Waals surface area contributed by atoms with E-state index in [1.54, 1.807) is 42.5 Å². The third-order valence-corrected chi connectivity index (χ3v) is 6.26. The van der Waals surface area contributed by atoms with Gasteiger partial charge in [-0.15, -0.1) is 0 Å². The van der Waals surface area contributed by atoms with E-state index in [2.05, 4.69) is 5.32 Å². The van der Waals surface area contributed by atoms with Crippen molar-refractivity contribution in [2.75, 3.05) is 36.1 Å². The van der Waals surface area contributed by atoms with Crippen LogP contribution in [0.3, 0.4) is 0 Å². The molecule has 0 bridgehead atoms. The lowest BCUT2D eigenvalue weighted by atomic mass is 10.1. The van der Waals surface area contributed by atoms with E-state index in [9.17, 15) is 13.2 Å². The summed E-state index contributed by atoms with van der Waals surface area (Å²) >= 11 is 0. The van der Waals surface area contributed by atoms with Crippen LogP contribution in [0.4, 0.5) is 11.4 Å². The highest BCUT2D eigenvalue weighted by atomic mass is 32.2. The summed E-state index contributed by atoms with van der Waals surface area (Å²) < 4.78 is 36.4. The third-order valence-electron chi connectivity index (χ3n) is 4.39. The molecule has 1 amide bonds. The lowest BCUT2D eigenvalue weighted by molar-refractivity contribution is 0.102. The van der Waals surface area contributed by atoms with E-state index < -0.39 is 10.0 Å². The SMILES string of the molecule is COc1ccc(C(=O)Nc2cccc(N3CCCCS3(=O)=O)c2)cc1OC. The summed E-state index contributed by atoms with van der Waals surface area (Å²) in [7, 11) is -0.273. The number of carbonyl (C=O) groups excluding carboxylic acids is 1. The Labute approximate surface area is 158 Å². The maximum absolute atomic E-state index is 12.6. The highest BCUT2D eigenvalue weighted by molar-refractivity contribution is 7.92. The van der Waals surface area contributed by atoms with Gasteiger partial charge in [0.15, 0.2) is 11.5 Å². The monoisotopic (exact) mass is 390 g/mol. The number of carbonyl (C=O) groups is 1. The molecule has 0 spiro atoms. The molecule has 0 saturated carbocycles. The molecule has 1 fully saturated rings. The van der Waals surface area contributed by atoms with Gasteiger partial charge in [0.1, 0.15) is 0 Å². The molecular weight excluding hydrogens is 368 g/mol. The van der Waals surface area contributed by atoms with E-state index in [4.69, 9.17) is 9.47 Å². The average Bonchev–Trinajstić information content (AvgIpc) is 2.67. The highest BCUT2D eigenvalue weighted by Crippen LogP contribution is 2.29. The molecule has 2 aromatic rings. The van der Waals surface area contributed by atoms with Crippen molar-refractivity contribution < 1.29 is 22.7 Å². The summed E-state index contributed by atoms with van der Waals surface area (Å²) in [5.74, 6) is 0.814. The van der Waals surface area contributed by atoms with Gasteiger partial charge in [0.25, 0.3) is 5.91 Å². The number of rotatable bonds is 5. The molecule has 0 unspecified atom stereocenters. The fraction of sp³-hybridized carbons (Fsp3) is 0.316. The first-order valence-electron chi connectivity index (χ1n) is 8.58. The Morgan fingerprint density at radius 2 is 1.81 bits per heavy atom. The van der Waals surface area contributed by atoms with Crippen LogP contribution in [0.15, 0.2) is 42.5 Å². The maximum Gasteiger partial charge on any atom is 0.255 e. The van der Waals surface area contributed by atoms with E-state index in [0.717, 1.165) is 6.42 Å². The van der Waals surface area contributed by atoms with E-state index in [1.165, 1.54) is 18.5 Å². The third kappa shape index (κ3) is 4.16. The highest BCUT2D eigenvalue weighted by Gasteiger charge is 2.26. The van der Waals surface area contributed by atoms with Crippen molar-refractivity contribution in [2.24, 2.45) is 0 Å². The first kappa shape index (κ1) is 19.0. The average molecular weight is 390 g/mol. The molecule has 2 aromatic carbocycles. The van der Waals surface area contributed by atoms with Gasteiger partial charge in [-0.3, -0.25) is 9.10 Å². The van der Waals surface area contributed by atoms with Crippen molar-refractivity contribution in [2.45, 2.75) is 12.8 Å². The molecule has 1 aliphatic rings. The molecule has 1 aliphatic heterocycles. The van der Waals surface area contributed by atoms with Crippen molar-refractivity contribution in [1.82, 2.24) is 0 Å². The number of anilines is 2. The second kappa shape index (κ2) is 7.87. The van der Waals surface area contributed by atoms with Crippen molar-refractivity contribution in [3.8, 4) is 11.5 Å². The Balaban J connectivity index is 1.81. The van der Waals surface area contributed by atoms with Gasteiger partial charge in [-0.1, -0.05) is 6.07 Å². The summed E-state index contributed by atoms with van der Waals surface area (Å²) in [6.07, 6.45) is 1.50. The zero-order valence-electron chi connectivity index (χ0n) is 15.3. The second-order valence-electron chi connectivity index (χ2n) is 6.17. The number of hydrogen-bond acceptors (Lipinski definition) is 5. The van der Waals surface area contributed by atoms with Gasteiger partial charge < -0.3 is 14.8 Å². The smallest absolute Gasteiger partial charge is 0.255 e. The van der Waals surface area contributed by atoms with Crippen LogP contribution in [0.1, 0.15) is 23.2 Å². The molecule has 8 heteroatoms. The molecule has 27 heavy (non-hydrogen) atoms. The Hall–Kier alpha value is -2.74. The second-order valence-corrected chi connectivity index (χ2v) is 8.18. The molecular formula is C19H22N2O5S. The topological polar surface area (TPSA) is 84.9 Å². The zero-order valence-corrected chi connectivity index (χ0v) is 16.1. The first-order valence-corrected chi connectivity index (χ1v) is 10.2. The molecule has 1 N–H and O–H groups in total. The van der Waals surface area contributed by atoms with Crippen molar-refractivity contribution in [3.63, 3.8) is 0 Å². The largest absolute Gasteiger partial charge is 0.493 e. The minimum Gasteiger partial charge on any atom is -0.493 e. The van der Waals surface area contributed by atoms with Gasteiger partial charge in [-0.25, -0.2) is 8.42 Å². The summed E-state index contributed by atoms with van der Waals surface area (Å²) in [4.78, 5) is 12.6. The molecule has 1 saturated heterocycles. The Morgan fingerprint density at radius 3 is 2.52 bits per heavy atom. The van der Waals surface area contributed by atoms with Crippen LogP contribution in [0.25, 0.3) is 0 Å². The lowest BCUT2D eigenvalue weighted by Gasteiger charge is -2.28. The van der Waals surface area contributed by atoms with Crippen LogP contribution in [0, 0.1) is 0 Å². The minimum absolute atomic E-state index is 0.148. The molecule has 1 heterocycles. The number of sulfonamides is 1. The summed E-state index contributed by atoms with van der Waals surface area (Å²) in [6.45, 7) is 0.454. The summed E-state index contributed by atoms with van der Waals surface area (Å²) in [6, 6.07) is 11.7. The van der Waals surface area contributed by atoms with Gasteiger partial charge in [-0.05, 0) is 49.2 Å². The lowest BCUT2D eigenvalue weighted by Crippen LogP contribution is -2.37. The number of amides is 1. The molecule has 0 atom stereocenters. The van der Waals surface area contributed by atoms with Crippen LogP contribution in [-0.2, 0) is 10.0 Å². The molecule has 0 radical (unpaired) electrons. The quantitative estimate of drug-likeness (QED) is 0.849. The van der Waals surface area contributed by atoms with Crippen LogP contribution in [0.2, 0.25) is 0 Å². The number of nitrogens with zero attached hydrogens (tertiary/aromatic N) is 1. The normalized spacial score (nSPS) is 15.9. The number of benzene rings is 2. The number of hydrogen-bond donors (Lipinski definition) is 1. The minimum atomic E-state index is -3.30. The van der Waals surface area contributed by atoms with Crippen molar-refractivity contribution >= 4 is 27.3 Å². The predicted octanol–water partition coefficient (Wildman–Crippen LogP) is 2.89. The summed E-state index contributed by atoms with van der Waals surface area (Å²) in [5, 5.41) is 2.80. The molecule has 144 valence electrons. The molecule has 3 rings (SSSR count). The standard InChI is InChI=1S/C19H22N2O5S/c1-25-17-9-8-14(12-18(17)26-2)19(22)20-15-6-5-7-16(13-15)21-10-3-4-11-27(21,23)24/h5-9,12-13H,3-4,10-11H2,1-2H3,(H,20,22). The molecule has 0 aliphatic carbocycles. The fourth-order valence-electron chi connectivity index (χ4n) is 3.00. The van der Waals surface area contributed by atoms with Gasteiger partial charge >= 0.3 is 0 Å². The molecule has 0 aromatic heterocycles. The van der Waals surface area contributed by atoms with Gasteiger partial charge in [0, 0.05) is 17.8 Å². The first-order chi connectivity index (χ1) is 12.9. The predicted molar refractivity (Wildman–Crippen MR) is 104 cm³/mol. The van der Waals surface area contributed by atoms with Crippen LogP contribution in [-0.4, -0.2) is 40.8 Å². The van der Waals surface area contributed by atoms with E-state index in [0.29, 0.717) is 41.4 Å². The Kier molecular flexibility index (Phi) is 5.55. The number of methoxy groups -OCH3 is 2. The summed E-state index contributed by atoms with van der Waals surface area (Å²) in [5.41, 5.74) is 1.48. The van der Waals surface area contributed by atoms with Crippen LogP contribution in [0.5, 0.6) is 11.5 Å². The number of nitrogens with one attached hydrogen (secondary N) is 1. The van der Waals surface area contributed by atoms with Crippen LogP contribution < -0.4 is 19.1 Å². The van der Waals surface area contributed by atoms with E-state index >= 15 is 0 Å². The van der Waals surface area contributed by atoms with Gasteiger partial charge in [0.05, 0.1) is 25.7 Å². The van der Waals surface area contributed by atoms with Crippen LogP contribution >= 0.6 is 0 Å². The maximum atomic E-state index is 12.6. The van der Waals surface area contributed by atoms with Gasteiger partial charge in [-0.2, -0.15) is 0 Å².